The summed E-state index contributed by atoms with van der Waals surface area (Å²) in [5.41, 5.74) is 2.91. The van der Waals surface area contributed by atoms with E-state index in [2.05, 4.69) is 15.2 Å². The fraction of sp³-hybridized carbons (Fsp3) is 0.368. The highest BCUT2D eigenvalue weighted by Crippen LogP contribution is 2.21. The highest BCUT2D eigenvalue weighted by molar-refractivity contribution is 7.80. The Morgan fingerprint density at radius 3 is 2.96 bits per heavy atom. The fourth-order valence-electron chi connectivity index (χ4n) is 2.81. The molecule has 0 bridgehead atoms. The SMILES string of the molecule is Cc1ccc(NC(=S)N(Cc2ccccn2)CC2CCCO2)cc1Cl. The average Bonchev–Trinajstić information content (AvgIpc) is 3.12. The quantitative estimate of drug-likeness (QED) is 0.783. The Balaban J connectivity index is 1.72. The zero-order valence-corrected chi connectivity index (χ0v) is 15.8. The van der Waals surface area contributed by atoms with Gasteiger partial charge in [0, 0.05) is 30.1 Å². The predicted molar refractivity (Wildman–Crippen MR) is 106 cm³/mol. The van der Waals surface area contributed by atoms with Crippen molar-refractivity contribution in [2.24, 2.45) is 0 Å². The van der Waals surface area contributed by atoms with Gasteiger partial charge in [0.2, 0.25) is 0 Å². The second kappa shape index (κ2) is 8.61. The van der Waals surface area contributed by atoms with Gasteiger partial charge in [0.25, 0.3) is 0 Å². The maximum absolute atomic E-state index is 6.22. The number of benzene rings is 1. The number of hydrogen-bond acceptors (Lipinski definition) is 3. The molecule has 2 heterocycles. The van der Waals surface area contributed by atoms with Crippen LogP contribution in [-0.2, 0) is 11.3 Å². The van der Waals surface area contributed by atoms with Crippen LogP contribution in [0.3, 0.4) is 0 Å². The molecule has 1 aromatic carbocycles. The van der Waals surface area contributed by atoms with Crippen LogP contribution in [0.4, 0.5) is 5.69 Å². The maximum atomic E-state index is 6.22. The van der Waals surface area contributed by atoms with Crippen LogP contribution in [0.2, 0.25) is 5.02 Å². The molecular formula is C19H22ClN3OS. The third-order valence-corrected chi connectivity index (χ3v) is 5.00. The molecule has 0 radical (unpaired) electrons. The Bertz CT molecular complexity index is 720. The summed E-state index contributed by atoms with van der Waals surface area (Å²) >= 11 is 11.9. The van der Waals surface area contributed by atoms with Crippen molar-refractivity contribution in [3.05, 3.63) is 58.9 Å². The summed E-state index contributed by atoms with van der Waals surface area (Å²) in [4.78, 5) is 6.53. The number of pyridine rings is 1. The van der Waals surface area contributed by atoms with Gasteiger partial charge in [-0.3, -0.25) is 4.98 Å². The van der Waals surface area contributed by atoms with E-state index in [1.54, 1.807) is 6.20 Å². The van der Waals surface area contributed by atoms with Crippen molar-refractivity contribution < 1.29 is 4.74 Å². The largest absolute Gasteiger partial charge is 0.376 e. The van der Waals surface area contributed by atoms with Crippen molar-refractivity contribution in [2.45, 2.75) is 32.4 Å². The van der Waals surface area contributed by atoms with Crippen molar-refractivity contribution in [2.75, 3.05) is 18.5 Å². The number of thiocarbonyl (C=S) groups is 1. The number of rotatable bonds is 5. The molecule has 0 spiro atoms. The molecule has 1 aliphatic rings. The van der Waals surface area contributed by atoms with E-state index in [4.69, 9.17) is 28.6 Å². The number of aromatic nitrogens is 1. The monoisotopic (exact) mass is 375 g/mol. The Hall–Kier alpha value is -1.69. The number of anilines is 1. The van der Waals surface area contributed by atoms with Crippen LogP contribution >= 0.6 is 23.8 Å². The number of nitrogens with zero attached hydrogens (tertiary/aromatic N) is 2. The Labute approximate surface area is 159 Å². The molecule has 0 amide bonds. The van der Waals surface area contributed by atoms with Crippen molar-refractivity contribution in [1.82, 2.24) is 9.88 Å². The zero-order valence-electron chi connectivity index (χ0n) is 14.2. The molecule has 1 atom stereocenters. The molecule has 1 N–H and O–H groups in total. The maximum Gasteiger partial charge on any atom is 0.173 e. The molecule has 0 aliphatic carbocycles. The van der Waals surface area contributed by atoms with Gasteiger partial charge in [-0.25, -0.2) is 0 Å². The lowest BCUT2D eigenvalue weighted by Crippen LogP contribution is -2.39. The third kappa shape index (κ3) is 5.14. The van der Waals surface area contributed by atoms with Crippen LogP contribution in [0, 0.1) is 6.92 Å². The Morgan fingerprint density at radius 1 is 1.40 bits per heavy atom. The minimum atomic E-state index is 0.213. The van der Waals surface area contributed by atoms with Crippen molar-refractivity contribution in [3.63, 3.8) is 0 Å². The van der Waals surface area contributed by atoms with E-state index in [-0.39, 0.29) is 6.10 Å². The van der Waals surface area contributed by atoms with Gasteiger partial charge >= 0.3 is 0 Å². The molecule has 132 valence electrons. The van der Waals surface area contributed by atoms with Crippen molar-refractivity contribution in [1.29, 1.82) is 0 Å². The summed E-state index contributed by atoms with van der Waals surface area (Å²) in [6.45, 7) is 4.21. The van der Waals surface area contributed by atoms with Gasteiger partial charge in [0.15, 0.2) is 5.11 Å². The lowest BCUT2D eigenvalue weighted by atomic mass is 10.2. The molecular weight excluding hydrogens is 354 g/mol. The minimum Gasteiger partial charge on any atom is -0.376 e. The summed E-state index contributed by atoms with van der Waals surface area (Å²) in [7, 11) is 0. The minimum absolute atomic E-state index is 0.213. The van der Waals surface area contributed by atoms with Crippen LogP contribution < -0.4 is 5.32 Å². The standard InChI is InChI=1S/C19H22ClN3OS/c1-14-7-8-15(11-18(14)20)22-19(25)23(13-17-6-4-10-24-17)12-16-5-2-3-9-21-16/h2-3,5,7-9,11,17H,4,6,10,12-13H2,1H3,(H,22,25). The molecule has 1 fully saturated rings. The molecule has 1 unspecified atom stereocenters. The normalized spacial score (nSPS) is 16.6. The first-order chi connectivity index (χ1) is 12.1. The van der Waals surface area contributed by atoms with E-state index in [1.165, 1.54) is 0 Å². The van der Waals surface area contributed by atoms with Crippen LogP contribution in [0.15, 0.2) is 42.6 Å². The van der Waals surface area contributed by atoms with E-state index >= 15 is 0 Å². The molecule has 25 heavy (non-hydrogen) atoms. The van der Waals surface area contributed by atoms with Gasteiger partial charge in [0.05, 0.1) is 18.3 Å². The van der Waals surface area contributed by atoms with Gasteiger partial charge in [-0.2, -0.15) is 0 Å². The van der Waals surface area contributed by atoms with Crippen LogP contribution in [0.1, 0.15) is 24.1 Å². The van der Waals surface area contributed by atoms with Crippen LogP contribution in [0.5, 0.6) is 0 Å². The molecule has 3 rings (SSSR count). The molecule has 1 aromatic heterocycles. The van der Waals surface area contributed by atoms with E-state index in [0.29, 0.717) is 11.7 Å². The molecule has 1 aliphatic heterocycles. The Morgan fingerprint density at radius 2 is 2.28 bits per heavy atom. The van der Waals surface area contributed by atoms with E-state index < -0.39 is 0 Å². The summed E-state index contributed by atoms with van der Waals surface area (Å²) in [5, 5.41) is 4.67. The van der Waals surface area contributed by atoms with Gasteiger partial charge in [-0.1, -0.05) is 23.7 Å². The summed E-state index contributed by atoms with van der Waals surface area (Å²) in [6, 6.07) is 11.8. The second-order valence-electron chi connectivity index (χ2n) is 6.23. The summed E-state index contributed by atoms with van der Waals surface area (Å²) < 4.78 is 5.79. The van der Waals surface area contributed by atoms with E-state index in [0.717, 1.165) is 48.0 Å². The topological polar surface area (TPSA) is 37.4 Å². The van der Waals surface area contributed by atoms with E-state index in [1.807, 2.05) is 43.3 Å². The first-order valence-corrected chi connectivity index (χ1v) is 9.24. The molecule has 1 saturated heterocycles. The second-order valence-corrected chi connectivity index (χ2v) is 7.02. The number of ether oxygens (including phenoxy) is 1. The molecule has 0 saturated carbocycles. The number of halogens is 1. The Kier molecular flexibility index (Phi) is 6.24. The van der Waals surface area contributed by atoms with Crippen molar-refractivity contribution >= 4 is 34.6 Å². The first-order valence-electron chi connectivity index (χ1n) is 8.45. The molecule has 2 aromatic rings. The predicted octanol–water partition coefficient (Wildman–Crippen LogP) is 4.42. The molecule has 4 nitrogen and oxygen atoms in total. The highest BCUT2D eigenvalue weighted by Gasteiger charge is 2.21. The molecule has 6 heteroatoms. The number of nitrogens with one attached hydrogen (secondary N) is 1. The highest BCUT2D eigenvalue weighted by atomic mass is 35.5. The fourth-order valence-corrected chi connectivity index (χ4v) is 3.25. The van der Waals surface area contributed by atoms with Crippen LogP contribution in [0.25, 0.3) is 0 Å². The third-order valence-electron chi connectivity index (χ3n) is 4.24. The summed E-state index contributed by atoms with van der Waals surface area (Å²) in [5.74, 6) is 0. The van der Waals surface area contributed by atoms with Gasteiger partial charge in [-0.15, -0.1) is 0 Å². The number of aryl methyl sites for hydroxylation is 1. The summed E-state index contributed by atoms with van der Waals surface area (Å²) in [6.07, 6.45) is 4.19. The van der Waals surface area contributed by atoms with Gasteiger partial charge in [0.1, 0.15) is 0 Å². The van der Waals surface area contributed by atoms with Crippen LogP contribution in [-0.4, -0.2) is 34.3 Å². The van der Waals surface area contributed by atoms with Crippen molar-refractivity contribution in [3.8, 4) is 0 Å². The van der Waals surface area contributed by atoms with Gasteiger partial charge < -0.3 is 15.0 Å². The first kappa shape index (κ1) is 18.1. The van der Waals surface area contributed by atoms with E-state index in [9.17, 15) is 0 Å². The lowest BCUT2D eigenvalue weighted by molar-refractivity contribution is 0.0903. The lowest BCUT2D eigenvalue weighted by Gasteiger charge is -2.28. The van der Waals surface area contributed by atoms with Gasteiger partial charge in [-0.05, 0) is 61.8 Å². The smallest absolute Gasteiger partial charge is 0.173 e. The average molecular weight is 376 g/mol. The number of hydrogen-bond donors (Lipinski definition) is 1. The zero-order chi connectivity index (χ0) is 17.6.